The first-order chi connectivity index (χ1) is 13.4. The third-order valence-corrected chi connectivity index (χ3v) is 4.70. The number of sulfonamides is 1. The van der Waals surface area contributed by atoms with Gasteiger partial charge in [0.2, 0.25) is 10.0 Å². The van der Waals surface area contributed by atoms with E-state index in [2.05, 4.69) is 10.3 Å². The molecule has 0 aliphatic carbocycles. The molecule has 3 aromatic rings. The predicted octanol–water partition coefficient (Wildman–Crippen LogP) is 3.05. The molecular weight excluding hydrogens is 376 g/mol. The van der Waals surface area contributed by atoms with Crippen LogP contribution in [0.1, 0.15) is 5.56 Å². The van der Waals surface area contributed by atoms with E-state index < -0.39 is 10.0 Å². The van der Waals surface area contributed by atoms with E-state index >= 15 is 0 Å². The Morgan fingerprint density at radius 3 is 2.29 bits per heavy atom. The lowest BCUT2D eigenvalue weighted by molar-refractivity contribution is 0.483. The minimum atomic E-state index is -3.70. The van der Waals surface area contributed by atoms with Crippen molar-refractivity contribution in [1.29, 1.82) is 0 Å². The van der Waals surface area contributed by atoms with Crippen LogP contribution in [0.3, 0.4) is 0 Å². The van der Waals surface area contributed by atoms with Crippen molar-refractivity contribution in [3.63, 3.8) is 0 Å². The number of anilines is 1. The molecule has 28 heavy (non-hydrogen) atoms. The first-order valence-electron chi connectivity index (χ1n) is 8.42. The molecule has 7 nitrogen and oxygen atoms in total. The number of guanidine groups is 1. The number of hydrogen-bond donors (Lipinski definition) is 3. The van der Waals surface area contributed by atoms with Gasteiger partial charge in [-0.25, -0.2) is 18.5 Å². The second-order valence-corrected chi connectivity index (χ2v) is 7.52. The Hall–Kier alpha value is -3.36. The Morgan fingerprint density at radius 1 is 0.929 bits per heavy atom. The van der Waals surface area contributed by atoms with Crippen LogP contribution in [-0.2, 0) is 16.6 Å². The molecule has 0 saturated heterocycles. The maximum Gasteiger partial charge on any atom is 0.238 e. The van der Waals surface area contributed by atoms with E-state index in [0.717, 1.165) is 17.0 Å². The van der Waals surface area contributed by atoms with Crippen LogP contribution in [0.15, 0.2) is 88.8 Å². The molecule has 0 radical (unpaired) electrons. The number of ether oxygens (including phenoxy) is 1. The summed E-state index contributed by atoms with van der Waals surface area (Å²) in [4.78, 5) is 4.31. The summed E-state index contributed by atoms with van der Waals surface area (Å²) in [5.74, 6) is 1.64. The van der Waals surface area contributed by atoms with Crippen LogP contribution in [0, 0.1) is 0 Å². The van der Waals surface area contributed by atoms with E-state index in [0.29, 0.717) is 12.3 Å². The molecule has 0 amide bonds. The van der Waals surface area contributed by atoms with Crippen molar-refractivity contribution in [2.24, 2.45) is 15.9 Å². The topological polar surface area (TPSA) is 120 Å². The summed E-state index contributed by atoms with van der Waals surface area (Å²) in [6.45, 7) is 0.296. The molecule has 3 rings (SSSR count). The minimum Gasteiger partial charge on any atom is -0.457 e. The molecule has 0 aliphatic rings. The highest BCUT2D eigenvalue weighted by Crippen LogP contribution is 2.23. The highest BCUT2D eigenvalue weighted by Gasteiger charge is 2.06. The molecule has 8 heteroatoms. The molecule has 0 atom stereocenters. The van der Waals surface area contributed by atoms with Gasteiger partial charge in [-0.05, 0) is 42.0 Å². The Labute approximate surface area is 163 Å². The van der Waals surface area contributed by atoms with E-state index in [4.69, 9.17) is 15.6 Å². The van der Waals surface area contributed by atoms with Gasteiger partial charge in [0.15, 0.2) is 5.96 Å². The first kappa shape index (κ1) is 19.4. The van der Waals surface area contributed by atoms with Gasteiger partial charge in [0.25, 0.3) is 0 Å². The van der Waals surface area contributed by atoms with Crippen molar-refractivity contribution in [3.8, 4) is 11.5 Å². The number of benzene rings is 3. The van der Waals surface area contributed by atoms with Gasteiger partial charge < -0.3 is 15.8 Å². The Morgan fingerprint density at radius 2 is 1.61 bits per heavy atom. The molecule has 0 fully saturated rings. The predicted molar refractivity (Wildman–Crippen MR) is 110 cm³/mol. The second kappa shape index (κ2) is 8.55. The SMILES string of the molecule is NC(=NCc1ccc(S(N)(=O)=O)cc1)Nc1cccc(Oc2ccccc2)c1. The van der Waals surface area contributed by atoms with Crippen molar-refractivity contribution >= 4 is 21.7 Å². The fourth-order valence-electron chi connectivity index (χ4n) is 2.41. The van der Waals surface area contributed by atoms with E-state index in [9.17, 15) is 8.42 Å². The van der Waals surface area contributed by atoms with E-state index in [1.807, 2.05) is 54.6 Å². The lowest BCUT2D eigenvalue weighted by atomic mass is 10.2. The second-order valence-electron chi connectivity index (χ2n) is 5.96. The molecular formula is C20H20N4O3S. The molecule has 5 N–H and O–H groups in total. The average Bonchev–Trinajstić information content (AvgIpc) is 2.67. The lowest BCUT2D eigenvalue weighted by Gasteiger charge is -2.09. The molecule has 0 spiro atoms. The maximum absolute atomic E-state index is 11.3. The highest BCUT2D eigenvalue weighted by atomic mass is 32.2. The van der Waals surface area contributed by atoms with Crippen LogP contribution in [0.2, 0.25) is 0 Å². The molecule has 0 bridgehead atoms. The number of primary sulfonamides is 1. The van der Waals surface area contributed by atoms with E-state index in [-0.39, 0.29) is 10.9 Å². The van der Waals surface area contributed by atoms with Gasteiger partial charge in [-0.15, -0.1) is 0 Å². The van der Waals surface area contributed by atoms with Gasteiger partial charge in [-0.3, -0.25) is 0 Å². The smallest absolute Gasteiger partial charge is 0.238 e. The average molecular weight is 396 g/mol. The summed E-state index contributed by atoms with van der Waals surface area (Å²) >= 11 is 0. The van der Waals surface area contributed by atoms with Crippen molar-refractivity contribution in [1.82, 2.24) is 0 Å². The third kappa shape index (κ3) is 5.57. The van der Waals surface area contributed by atoms with Crippen LogP contribution in [-0.4, -0.2) is 14.4 Å². The van der Waals surface area contributed by atoms with Crippen LogP contribution >= 0.6 is 0 Å². The summed E-state index contributed by atoms with van der Waals surface area (Å²) in [7, 11) is -3.70. The van der Waals surface area contributed by atoms with Gasteiger partial charge in [0.1, 0.15) is 11.5 Å². The number of nitrogens with two attached hydrogens (primary N) is 2. The number of aliphatic imine (C=N–C) groups is 1. The molecule has 0 aliphatic heterocycles. The Kier molecular flexibility index (Phi) is 5.93. The maximum atomic E-state index is 11.3. The monoisotopic (exact) mass is 396 g/mol. The summed E-state index contributed by atoms with van der Waals surface area (Å²) in [5, 5.41) is 8.09. The molecule has 144 valence electrons. The Balaban J connectivity index is 1.62. The van der Waals surface area contributed by atoms with E-state index in [1.165, 1.54) is 12.1 Å². The lowest BCUT2D eigenvalue weighted by Crippen LogP contribution is -2.22. The summed E-state index contributed by atoms with van der Waals surface area (Å²) in [5.41, 5.74) is 7.48. The Bertz CT molecular complexity index is 1070. The summed E-state index contributed by atoms with van der Waals surface area (Å²) < 4.78 is 28.3. The zero-order valence-electron chi connectivity index (χ0n) is 14.9. The van der Waals surface area contributed by atoms with Gasteiger partial charge in [0.05, 0.1) is 11.4 Å². The summed E-state index contributed by atoms with van der Waals surface area (Å²) in [6, 6.07) is 23.0. The number of nitrogens with zero attached hydrogens (tertiary/aromatic N) is 1. The van der Waals surface area contributed by atoms with Gasteiger partial charge in [0, 0.05) is 11.8 Å². The molecule has 3 aromatic carbocycles. The summed E-state index contributed by atoms with van der Waals surface area (Å²) in [6.07, 6.45) is 0. The standard InChI is InChI=1S/C20H20N4O3S/c21-20(23-14-15-9-11-19(12-10-15)28(22,25)26)24-16-5-4-8-18(13-16)27-17-6-2-1-3-7-17/h1-13H,14H2,(H3,21,23,24)(H2,22,25,26). The van der Waals surface area contributed by atoms with Crippen LogP contribution < -0.4 is 20.9 Å². The molecule has 0 aromatic heterocycles. The minimum absolute atomic E-state index is 0.0570. The highest BCUT2D eigenvalue weighted by molar-refractivity contribution is 7.89. The quantitative estimate of drug-likeness (QED) is 0.437. The fraction of sp³-hybridized carbons (Fsp3) is 0.0500. The van der Waals surface area contributed by atoms with Crippen molar-refractivity contribution in [2.75, 3.05) is 5.32 Å². The fourth-order valence-corrected chi connectivity index (χ4v) is 2.93. The van der Waals surface area contributed by atoms with Crippen LogP contribution in [0.5, 0.6) is 11.5 Å². The number of para-hydroxylation sites is 1. The van der Waals surface area contributed by atoms with Crippen LogP contribution in [0.25, 0.3) is 0 Å². The normalized spacial score (nSPS) is 11.8. The zero-order chi connectivity index (χ0) is 20.0. The van der Waals surface area contributed by atoms with E-state index in [1.54, 1.807) is 12.1 Å². The number of rotatable bonds is 6. The van der Waals surface area contributed by atoms with Crippen molar-refractivity contribution in [2.45, 2.75) is 11.4 Å². The molecule has 0 unspecified atom stereocenters. The zero-order valence-corrected chi connectivity index (χ0v) is 15.8. The first-order valence-corrected chi connectivity index (χ1v) is 9.96. The van der Waals surface area contributed by atoms with Gasteiger partial charge in [-0.2, -0.15) is 0 Å². The number of nitrogens with one attached hydrogen (secondary N) is 1. The van der Waals surface area contributed by atoms with Gasteiger partial charge >= 0.3 is 0 Å². The van der Waals surface area contributed by atoms with Gasteiger partial charge in [-0.1, -0.05) is 36.4 Å². The van der Waals surface area contributed by atoms with Crippen molar-refractivity contribution in [3.05, 3.63) is 84.4 Å². The molecule has 0 heterocycles. The third-order valence-electron chi connectivity index (χ3n) is 3.77. The van der Waals surface area contributed by atoms with Crippen molar-refractivity contribution < 1.29 is 13.2 Å². The largest absolute Gasteiger partial charge is 0.457 e. The van der Waals surface area contributed by atoms with Crippen LogP contribution in [0.4, 0.5) is 5.69 Å². The molecule has 0 saturated carbocycles. The number of hydrogen-bond acceptors (Lipinski definition) is 4.